The number of Topliss-reactive ketones (excluding diaryl/α,β-unsaturated/α-hetero) is 1. The normalized spacial score (nSPS) is 10.3. The number of nitrogens with one attached hydrogen (secondary N) is 2. The molecule has 0 radical (unpaired) electrons. The Morgan fingerprint density at radius 2 is 1.59 bits per heavy atom. The van der Waals surface area contributed by atoms with E-state index in [-0.39, 0.29) is 34.9 Å². The lowest BCUT2D eigenvalue weighted by Crippen LogP contribution is -2.18. The van der Waals surface area contributed by atoms with Crippen LogP contribution in [0, 0.1) is 13.8 Å². The van der Waals surface area contributed by atoms with Crippen LogP contribution in [-0.4, -0.2) is 56.0 Å². The zero-order valence-corrected chi connectivity index (χ0v) is 18.8. The molecule has 1 amide bonds. The summed E-state index contributed by atoms with van der Waals surface area (Å²) in [7, 11) is 2.81. The summed E-state index contributed by atoms with van der Waals surface area (Å²) in [4.78, 5) is 51.9. The zero-order valence-electron chi connectivity index (χ0n) is 18.8. The predicted octanol–water partition coefficient (Wildman–Crippen LogP) is 2.82. The average molecular weight is 446 g/mol. The number of amides is 1. The van der Waals surface area contributed by atoms with Crippen molar-refractivity contribution in [2.24, 2.45) is 0 Å². The highest BCUT2D eigenvalue weighted by atomic mass is 16.5. The lowest BCUT2D eigenvalue weighted by Gasteiger charge is -2.14. The molecule has 10 nitrogen and oxygen atoms in total. The molecule has 0 atom stereocenters. The second-order valence-corrected chi connectivity index (χ2v) is 6.78. The number of anilines is 1. The molecule has 0 aliphatic carbocycles. The van der Waals surface area contributed by atoms with Crippen molar-refractivity contribution in [3.05, 3.63) is 40.2 Å². The maximum absolute atomic E-state index is 12.7. The van der Waals surface area contributed by atoms with Gasteiger partial charge in [-0.15, -0.1) is 0 Å². The van der Waals surface area contributed by atoms with Gasteiger partial charge in [0.15, 0.2) is 18.1 Å². The van der Waals surface area contributed by atoms with Crippen LogP contribution in [0.15, 0.2) is 12.1 Å². The molecule has 0 aliphatic rings. The molecule has 2 rings (SSSR count). The molecule has 2 N–H and O–H groups in total. The van der Waals surface area contributed by atoms with E-state index >= 15 is 0 Å². The van der Waals surface area contributed by atoms with Crippen LogP contribution >= 0.6 is 0 Å². The number of hydrogen-bond donors (Lipinski definition) is 2. The van der Waals surface area contributed by atoms with Crippen molar-refractivity contribution in [3.63, 3.8) is 0 Å². The van der Waals surface area contributed by atoms with Crippen molar-refractivity contribution in [1.82, 2.24) is 4.98 Å². The van der Waals surface area contributed by atoms with E-state index in [9.17, 15) is 19.2 Å². The largest absolute Gasteiger partial charge is 0.493 e. The summed E-state index contributed by atoms with van der Waals surface area (Å²) in [5.41, 5.74) is 1.41. The Morgan fingerprint density at radius 3 is 2.16 bits per heavy atom. The van der Waals surface area contributed by atoms with E-state index in [0.717, 1.165) is 0 Å². The van der Waals surface area contributed by atoms with Crippen molar-refractivity contribution in [3.8, 4) is 11.5 Å². The third kappa shape index (κ3) is 5.26. The summed E-state index contributed by atoms with van der Waals surface area (Å²) in [6.07, 6.45) is 0. The Labute approximate surface area is 185 Å². The molecular weight excluding hydrogens is 420 g/mol. The number of hydrogen-bond acceptors (Lipinski definition) is 8. The number of aromatic nitrogens is 1. The van der Waals surface area contributed by atoms with Gasteiger partial charge in [0.1, 0.15) is 5.69 Å². The number of ether oxygens (including phenoxy) is 4. The molecule has 0 fully saturated rings. The van der Waals surface area contributed by atoms with Crippen molar-refractivity contribution in [2.75, 3.05) is 32.8 Å². The monoisotopic (exact) mass is 446 g/mol. The van der Waals surface area contributed by atoms with Gasteiger partial charge in [0, 0.05) is 30.3 Å². The molecule has 0 unspecified atom stereocenters. The fourth-order valence-electron chi connectivity index (χ4n) is 3.20. The molecule has 32 heavy (non-hydrogen) atoms. The molecule has 0 spiro atoms. The molecular formula is C22H26N2O8. The molecule has 1 heterocycles. The van der Waals surface area contributed by atoms with Gasteiger partial charge in [0.05, 0.1) is 32.1 Å². The van der Waals surface area contributed by atoms with Gasteiger partial charge in [-0.1, -0.05) is 0 Å². The molecule has 1 aromatic carbocycles. The molecule has 0 saturated carbocycles. The standard InChI is InChI=1S/C22H26N2O8/c1-7-31-22(28)20-11(2)19(12(3)23-20)16(26)10-32-21(27)14-8-17(29-5)18(30-6)9-15(14)24-13(4)25/h8-9,23H,7,10H2,1-6H3,(H,24,25). The number of aromatic amines is 1. The minimum atomic E-state index is -0.848. The van der Waals surface area contributed by atoms with Gasteiger partial charge in [0.25, 0.3) is 0 Å². The number of aryl methyl sites for hydroxylation is 1. The minimum Gasteiger partial charge on any atom is -0.493 e. The molecule has 1 aromatic heterocycles. The minimum absolute atomic E-state index is 0.0135. The first-order valence-corrected chi connectivity index (χ1v) is 9.74. The van der Waals surface area contributed by atoms with E-state index in [2.05, 4.69) is 10.3 Å². The molecule has 172 valence electrons. The Bertz CT molecular complexity index is 1050. The van der Waals surface area contributed by atoms with E-state index in [1.54, 1.807) is 20.8 Å². The summed E-state index contributed by atoms with van der Waals surface area (Å²) in [5, 5.41) is 2.53. The topological polar surface area (TPSA) is 133 Å². The summed E-state index contributed by atoms with van der Waals surface area (Å²) < 4.78 is 20.6. The SMILES string of the molecule is CCOC(=O)c1[nH]c(C)c(C(=O)COC(=O)c2cc(OC)c(OC)cc2NC(C)=O)c1C. The van der Waals surface area contributed by atoms with Gasteiger partial charge in [0.2, 0.25) is 11.7 Å². The number of carbonyl (C=O) groups excluding carboxylic acids is 4. The van der Waals surface area contributed by atoms with Gasteiger partial charge in [-0.3, -0.25) is 9.59 Å². The fraction of sp³-hybridized carbons (Fsp3) is 0.364. The van der Waals surface area contributed by atoms with Crippen molar-refractivity contribution in [1.29, 1.82) is 0 Å². The van der Waals surface area contributed by atoms with E-state index in [0.29, 0.717) is 17.0 Å². The number of carbonyl (C=O) groups is 4. The smallest absolute Gasteiger partial charge is 0.355 e. The predicted molar refractivity (Wildman–Crippen MR) is 115 cm³/mol. The number of rotatable bonds is 9. The van der Waals surface area contributed by atoms with Crippen LogP contribution in [0.1, 0.15) is 56.3 Å². The number of benzene rings is 1. The van der Waals surface area contributed by atoms with Crippen LogP contribution < -0.4 is 14.8 Å². The van der Waals surface area contributed by atoms with E-state index in [1.807, 2.05) is 0 Å². The van der Waals surface area contributed by atoms with Crippen LogP contribution in [0.5, 0.6) is 11.5 Å². The second kappa shape index (κ2) is 10.5. The van der Waals surface area contributed by atoms with Crippen molar-refractivity contribution < 1.29 is 38.1 Å². The van der Waals surface area contributed by atoms with Crippen molar-refractivity contribution in [2.45, 2.75) is 27.7 Å². The second-order valence-electron chi connectivity index (χ2n) is 6.78. The van der Waals surface area contributed by atoms with E-state index in [1.165, 1.54) is 33.3 Å². The highest BCUT2D eigenvalue weighted by Crippen LogP contribution is 2.34. The summed E-state index contributed by atoms with van der Waals surface area (Å²) in [6, 6.07) is 2.77. The van der Waals surface area contributed by atoms with Gasteiger partial charge in [-0.2, -0.15) is 0 Å². The lowest BCUT2D eigenvalue weighted by molar-refractivity contribution is -0.114. The summed E-state index contributed by atoms with van der Waals surface area (Å²) in [6.45, 7) is 5.82. The van der Waals surface area contributed by atoms with Crippen LogP contribution in [0.25, 0.3) is 0 Å². The highest BCUT2D eigenvalue weighted by Gasteiger charge is 2.25. The molecule has 0 bridgehead atoms. The third-order valence-electron chi connectivity index (χ3n) is 4.58. The summed E-state index contributed by atoms with van der Waals surface area (Å²) in [5.74, 6) is -1.78. The Kier molecular flexibility index (Phi) is 8.00. The number of H-pyrrole nitrogens is 1. The maximum atomic E-state index is 12.7. The lowest BCUT2D eigenvalue weighted by atomic mass is 10.1. The van der Waals surface area contributed by atoms with Crippen LogP contribution in [0.2, 0.25) is 0 Å². The van der Waals surface area contributed by atoms with Gasteiger partial charge in [-0.25, -0.2) is 9.59 Å². The Balaban J connectivity index is 2.27. The van der Waals surface area contributed by atoms with E-state index in [4.69, 9.17) is 18.9 Å². The summed E-state index contributed by atoms with van der Waals surface area (Å²) >= 11 is 0. The number of esters is 2. The fourth-order valence-corrected chi connectivity index (χ4v) is 3.20. The quantitative estimate of drug-likeness (QED) is 0.444. The Morgan fingerprint density at radius 1 is 0.969 bits per heavy atom. The molecule has 0 saturated heterocycles. The first kappa shape index (κ1) is 24.4. The van der Waals surface area contributed by atoms with Gasteiger partial charge >= 0.3 is 11.9 Å². The molecule has 10 heteroatoms. The third-order valence-corrected chi connectivity index (χ3v) is 4.58. The van der Waals surface area contributed by atoms with Gasteiger partial charge in [-0.05, 0) is 26.3 Å². The first-order valence-electron chi connectivity index (χ1n) is 9.74. The van der Waals surface area contributed by atoms with Crippen LogP contribution in [0.4, 0.5) is 5.69 Å². The molecule has 2 aromatic rings. The number of ketones is 1. The van der Waals surface area contributed by atoms with Crippen molar-refractivity contribution >= 4 is 29.3 Å². The highest BCUT2D eigenvalue weighted by molar-refractivity contribution is 6.06. The number of methoxy groups -OCH3 is 2. The zero-order chi connectivity index (χ0) is 24.0. The van der Waals surface area contributed by atoms with Crippen LogP contribution in [0.3, 0.4) is 0 Å². The van der Waals surface area contributed by atoms with Crippen LogP contribution in [-0.2, 0) is 14.3 Å². The first-order chi connectivity index (χ1) is 15.1. The van der Waals surface area contributed by atoms with Gasteiger partial charge < -0.3 is 29.2 Å². The average Bonchev–Trinajstić information content (AvgIpc) is 3.05. The van der Waals surface area contributed by atoms with E-state index < -0.39 is 30.2 Å². The Hall–Kier alpha value is -3.82. The maximum Gasteiger partial charge on any atom is 0.355 e. The molecule has 0 aliphatic heterocycles.